The summed E-state index contributed by atoms with van der Waals surface area (Å²) in [7, 11) is 0. The number of carbonyl (C=O) groups is 1. The fourth-order valence-corrected chi connectivity index (χ4v) is 11.9. The van der Waals surface area contributed by atoms with E-state index in [4.69, 9.17) is 9.47 Å². The fraction of sp³-hybridized carbons (Fsp3) is 0.897. The molecule has 15 atom stereocenters. The van der Waals surface area contributed by atoms with E-state index in [9.17, 15) is 20.1 Å². The molecule has 0 radical (unpaired) electrons. The normalized spacial score (nSPS) is 66.4. The Labute approximate surface area is 208 Å². The SMILES string of the molecule is C=C1C(O)[C@H](O)CC2(C)C3C4O[C@@H]4C45OC(=O)C6(CC[C@@H](C)C(C)C64)CC[C@@]5(C)C3(C)C[C@@H](O)[C@@H]12. The molecule has 2 heterocycles. The molecule has 2 saturated heterocycles. The molecule has 3 N–H and O–H groups in total. The minimum absolute atomic E-state index is 0.00805. The van der Waals surface area contributed by atoms with Gasteiger partial charge in [0.2, 0.25) is 0 Å². The molecule has 6 heteroatoms. The van der Waals surface area contributed by atoms with Gasteiger partial charge in [-0.25, -0.2) is 0 Å². The molecule has 5 aliphatic carbocycles. The first-order valence-corrected chi connectivity index (χ1v) is 13.9. The lowest BCUT2D eigenvalue weighted by atomic mass is 9.31. The molecular formula is C29H42O6. The lowest BCUT2D eigenvalue weighted by Gasteiger charge is -2.72. The first kappa shape index (κ1) is 23.2. The number of rotatable bonds is 0. The molecule has 0 aromatic heterocycles. The fourth-order valence-electron chi connectivity index (χ4n) is 11.9. The van der Waals surface area contributed by atoms with Gasteiger partial charge in [0.15, 0.2) is 5.60 Å². The predicted octanol–water partition coefficient (Wildman–Crippen LogP) is 3.22. The van der Waals surface area contributed by atoms with Gasteiger partial charge in [-0.1, -0.05) is 41.2 Å². The van der Waals surface area contributed by atoms with Crippen LogP contribution in [0.25, 0.3) is 0 Å². The molecular weight excluding hydrogens is 444 g/mol. The molecule has 9 unspecified atom stereocenters. The first-order valence-electron chi connectivity index (χ1n) is 13.9. The zero-order chi connectivity index (χ0) is 25.1. The topological polar surface area (TPSA) is 99.5 Å². The summed E-state index contributed by atoms with van der Waals surface area (Å²) in [6.45, 7) is 15.6. The van der Waals surface area contributed by atoms with Gasteiger partial charge >= 0.3 is 5.97 Å². The van der Waals surface area contributed by atoms with E-state index in [1.54, 1.807) is 0 Å². The summed E-state index contributed by atoms with van der Waals surface area (Å²) in [5.74, 6) is 0.806. The number of hydrogen-bond donors (Lipinski definition) is 3. The number of ether oxygens (including phenoxy) is 2. The Morgan fingerprint density at radius 1 is 0.971 bits per heavy atom. The highest BCUT2D eigenvalue weighted by Crippen LogP contribution is 2.83. The summed E-state index contributed by atoms with van der Waals surface area (Å²) in [6.07, 6.45) is 1.87. The Hall–Kier alpha value is -0.950. The zero-order valence-corrected chi connectivity index (χ0v) is 21.8. The van der Waals surface area contributed by atoms with Crippen LogP contribution >= 0.6 is 0 Å². The monoisotopic (exact) mass is 486 g/mol. The van der Waals surface area contributed by atoms with Gasteiger partial charge in [0.05, 0.1) is 23.7 Å². The third kappa shape index (κ3) is 2.17. The van der Waals surface area contributed by atoms with Gasteiger partial charge in [0, 0.05) is 23.2 Å². The number of aliphatic hydroxyl groups is 3. The Bertz CT molecular complexity index is 1030. The Balaban J connectivity index is 1.42. The second-order valence-corrected chi connectivity index (χ2v) is 14.5. The van der Waals surface area contributed by atoms with E-state index in [2.05, 4.69) is 41.2 Å². The van der Waals surface area contributed by atoms with E-state index in [0.29, 0.717) is 30.3 Å². The molecule has 1 spiro atoms. The molecule has 194 valence electrons. The van der Waals surface area contributed by atoms with Crippen LogP contribution in [0.1, 0.15) is 73.1 Å². The number of epoxide rings is 1. The molecule has 0 amide bonds. The van der Waals surface area contributed by atoms with E-state index in [0.717, 1.165) is 25.7 Å². The quantitative estimate of drug-likeness (QED) is 0.276. The van der Waals surface area contributed by atoms with Crippen LogP contribution in [0.15, 0.2) is 12.2 Å². The van der Waals surface area contributed by atoms with Crippen molar-refractivity contribution in [2.45, 2.75) is 109 Å². The van der Waals surface area contributed by atoms with Crippen LogP contribution in [0, 0.1) is 51.2 Å². The summed E-state index contributed by atoms with van der Waals surface area (Å²) in [5, 5.41) is 33.2. The third-order valence-corrected chi connectivity index (χ3v) is 13.6. The van der Waals surface area contributed by atoms with E-state index >= 15 is 0 Å². The molecule has 7 rings (SSSR count). The van der Waals surface area contributed by atoms with Crippen LogP contribution in [-0.2, 0) is 14.3 Å². The van der Waals surface area contributed by atoms with Crippen LogP contribution in [0.2, 0.25) is 0 Å². The maximum atomic E-state index is 13.8. The summed E-state index contributed by atoms with van der Waals surface area (Å²) < 4.78 is 13.4. The van der Waals surface area contributed by atoms with Crippen molar-refractivity contribution < 1.29 is 29.6 Å². The average Bonchev–Trinajstić information content (AvgIpc) is 3.52. The van der Waals surface area contributed by atoms with Crippen molar-refractivity contribution in [2.24, 2.45) is 51.2 Å². The Kier molecular flexibility index (Phi) is 4.21. The second kappa shape index (κ2) is 6.36. The van der Waals surface area contributed by atoms with Crippen LogP contribution in [0.3, 0.4) is 0 Å². The maximum Gasteiger partial charge on any atom is 0.313 e. The number of carbonyl (C=O) groups excluding carboxylic acids is 1. The lowest BCUT2D eigenvalue weighted by molar-refractivity contribution is -0.280. The minimum Gasteiger partial charge on any atom is -0.455 e. The Morgan fingerprint density at radius 2 is 1.69 bits per heavy atom. The van der Waals surface area contributed by atoms with Gasteiger partial charge in [-0.2, -0.15) is 0 Å². The van der Waals surface area contributed by atoms with Gasteiger partial charge < -0.3 is 24.8 Å². The number of fused-ring (bicyclic) bond motifs is 6. The van der Waals surface area contributed by atoms with Crippen LogP contribution in [-0.4, -0.2) is 57.4 Å². The lowest BCUT2D eigenvalue weighted by Crippen LogP contribution is -2.76. The zero-order valence-electron chi connectivity index (χ0n) is 21.8. The van der Waals surface area contributed by atoms with Gasteiger partial charge in [-0.05, 0) is 66.8 Å². The number of aliphatic hydroxyl groups excluding tert-OH is 3. The van der Waals surface area contributed by atoms with Crippen molar-refractivity contribution in [1.29, 1.82) is 0 Å². The van der Waals surface area contributed by atoms with Crippen molar-refractivity contribution >= 4 is 5.97 Å². The summed E-state index contributed by atoms with van der Waals surface area (Å²) in [6, 6.07) is 0. The van der Waals surface area contributed by atoms with E-state index in [1.165, 1.54) is 0 Å². The van der Waals surface area contributed by atoms with Gasteiger partial charge in [-0.15, -0.1) is 0 Å². The molecule has 7 aliphatic rings. The molecule has 6 nitrogen and oxygen atoms in total. The third-order valence-electron chi connectivity index (χ3n) is 13.6. The van der Waals surface area contributed by atoms with E-state index in [1.807, 2.05) is 0 Å². The first-order chi connectivity index (χ1) is 16.3. The van der Waals surface area contributed by atoms with Crippen molar-refractivity contribution in [1.82, 2.24) is 0 Å². The molecule has 35 heavy (non-hydrogen) atoms. The van der Waals surface area contributed by atoms with Gasteiger partial charge in [-0.3, -0.25) is 4.79 Å². The van der Waals surface area contributed by atoms with Crippen LogP contribution < -0.4 is 0 Å². The average molecular weight is 487 g/mol. The van der Waals surface area contributed by atoms with Crippen LogP contribution in [0.5, 0.6) is 0 Å². The van der Waals surface area contributed by atoms with Gasteiger partial charge in [0.1, 0.15) is 12.2 Å². The molecule has 0 aromatic carbocycles. The van der Waals surface area contributed by atoms with Crippen LogP contribution in [0.4, 0.5) is 0 Å². The summed E-state index contributed by atoms with van der Waals surface area (Å²) in [4.78, 5) is 13.8. The molecule has 0 aromatic rings. The molecule has 7 fully saturated rings. The van der Waals surface area contributed by atoms with Crippen molar-refractivity contribution in [3.8, 4) is 0 Å². The Morgan fingerprint density at radius 3 is 2.40 bits per heavy atom. The molecule has 5 saturated carbocycles. The number of hydrogen-bond acceptors (Lipinski definition) is 6. The maximum absolute atomic E-state index is 13.8. The van der Waals surface area contributed by atoms with Crippen molar-refractivity contribution in [3.63, 3.8) is 0 Å². The highest BCUT2D eigenvalue weighted by Gasteiger charge is 2.89. The second-order valence-electron chi connectivity index (χ2n) is 14.5. The van der Waals surface area contributed by atoms with Crippen molar-refractivity contribution in [3.05, 3.63) is 12.2 Å². The highest BCUT2D eigenvalue weighted by atomic mass is 16.6. The summed E-state index contributed by atoms with van der Waals surface area (Å²) >= 11 is 0. The largest absolute Gasteiger partial charge is 0.455 e. The van der Waals surface area contributed by atoms with Crippen molar-refractivity contribution in [2.75, 3.05) is 0 Å². The number of esters is 1. The van der Waals surface area contributed by atoms with Gasteiger partial charge in [0.25, 0.3) is 0 Å². The smallest absolute Gasteiger partial charge is 0.313 e. The standard InChI is InChI=1S/C29H42O6/c1-13-7-8-28-10-9-27(6)26(5)12-16(30)18-15(3)19(32)17(31)11-25(18,4)22(26)20-23(34-20)29(27,35-24(28)33)21(28)14(13)2/h13-14,16-23,30-32H,3,7-12H2,1-2,4-6H3/t13-,14?,16-,17-,18-,19?,20?,21?,22?,23+,25?,26?,27+,28?,29?/m1/s1. The minimum atomic E-state index is -1.01. The van der Waals surface area contributed by atoms with E-state index in [-0.39, 0.29) is 46.8 Å². The highest BCUT2D eigenvalue weighted by molar-refractivity contribution is 5.82. The molecule has 2 aliphatic heterocycles. The predicted molar refractivity (Wildman–Crippen MR) is 128 cm³/mol. The summed E-state index contributed by atoms with van der Waals surface area (Å²) in [5.41, 5.74) is -1.69. The van der Waals surface area contributed by atoms with E-state index < -0.39 is 34.7 Å². The molecule has 2 bridgehead atoms.